The van der Waals surface area contributed by atoms with Crippen LogP contribution in [0.15, 0.2) is 36.7 Å². The Morgan fingerprint density at radius 1 is 1.23 bits per heavy atom. The van der Waals surface area contributed by atoms with Gasteiger partial charge >= 0.3 is 5.97 Å². The number of aliphatic hydroxyl groups is 1. The van der Waals surface area contributed by atoms with Crippen LogP contribution in [0, 0.1) is 0 Å². The first-order valence-electron chi connectivity index (χ1n) is 11.4. The normalized spacial score (nSPS) is 12.4. The summed E-state index contributed by atoms with van der Waals surface area (Å²) in [7, 11) is 1.51. The van der Waals surface area contributed by atoms with Gasteiger partial charge in [-0.3, -0.25) is 4.79 Å². The molecule has 1 aliphatic heterocycles. The summed E-state index contributed by atoms with van der Waals surface area (Å²) in [5.41, 5.74) is 2.35. The van der Waals surface area contributed by atoms with Gasteiger partial charge < -0.3 is 29.8 Å². The zero-order chi connectivity index (χ0) is 25.2. The molecule has 0 unspecified atom stereocenters. The SMILES string of the molecule is CCOC(=O)c1ccn2c1CCc1cnc(Nc3ccc(C(=O)NCC(C)(C)O)cc3OC)nc1-2. The number of carbonyl (C=O) groups is 2. The predicted octanol–water partition coefficient (Wildman–Crippen LogP) is 2.80. The number of methoxy groups -OCH3 is 1. The number of anilines is 2. The van der Waals surface area contributed by atoms with Crippen molar-refractivity contribution >= 4 is 23.5 Å². The molecule has 3 heterocycles. The number of hydrogen-bond acceptors (Lipinski definition) is 8. The lowest BCUT2D eigenvalue weighted by atomic mass is 10.0. The topological polar surface area (TPSA) is 128 Å². The number of rotatable bonds is 8. The summed E-state index contributed by atoms with van der Waals surface area (Å²) in [5, 5.41) is 15.7. The first kappa shape index (κ1) is 24.2. The van der Waals surface area contributed by atoms with E-state index >= 15 is 0 Å². The molecule has 1 aliphatic rings. The molecule has 0 spiro atoms. The van der Waals surface area contributed by atoms with E-state index in [2.05, 4.69) is 20.6 Å². The lowest BCUT2D eigenvalue weighted by Gasteiger charge is -2.20. The van der Waals surface area contributed by atoms with Crippen LogP contribution < -0.4 is 15.4 Å². The van der Waals surface area contributed by atoms with Gasteiger partial charge in [-0.15, -0.1) is 0 Å². The molecule has 0 bridgehead atoms. The van der Waals surface area contributed by atoms with Crippen molar-refractivity contribution < 1.29 is 24.2 Å². The maximum absolute atomic E-state index is 12.4. The van der Waals surface area contributed by atoms with Gasteiger partial charge in [-0.25, -0.2) is 9.78 Å². The molecule has 3 N–H and O–H groups in total. The van der Waals surface area contributed by atoms with Crippen LogP contribution in [0.3, 0.4) is 0 Å². The first-order chi connectivity index (χ1) is 16.7. The van der Waals surface area contributed by atoms with E-state index in [4.69, 9.17) is 9.47 Å². The first-order valence-corrected chi connectivity index (χ1v) is 11.4. The Hall–Kier alpha value is -3.92. The van der Waals surface area contributed by atoms with E-state index in [0.717, 1.165) is 11.3 Å². The fourth-order valence-corrected chi connectivity index (χ4v) is 3.86. The predicted molar refractivity (Wildman–Crippen MR) is 130 cm³/mol. The quantitative estimate of drug-likeness (QED) is 0.421. The average molecular weight is 480 g/mol. The second kappa shape index (κ2) is 9.75. The molecule has 0 aliphatic carbocycles. The molecule has 0 saturated heterocycles. The molecule has 0 fully saturated rings. The Morgan fingerprint density at radius 2 is 2.03 bits per heavy atom. The Balaban J connectivity index is 1.57. The van der Waals surface area contributed by atoms with Crippen LogP contribution in [0.2, 0.25) is 0 Å². The van der Waals surface area contributed by atoms with Gasteiger partial charge in [0.2, 0.25) is 5.95 Å². The van der Waals surface area contributed by atoms with Crippen LogP contribution >= 0.6 is 0 Å². The number of hydrogen-bond donors (Lipinski definition) is 3. The second-order valence-corrected chi connectivity index (χ2v) is 8.84. The number of benzene rings is 1. The minimum absolute atomic E-state index is 0.121. The Bertz CT molecular complexity index is 1260. The molecule has 4 rings (SSSR count). The van der Waals surface area contributed by atoms with Crippen molar-refractivity contribution in [1.29, 1.82) is 0 Å². The number of nitrogens with one attached hydrogen (secondary N) is 2. The smallest absolute Gasteiger partial charge is 0.339 e. The summed E-state index contributed by atoms with van der Waals surface area (Å²) >= 11 is 0. The van der Waals surface area contributed by atoms with Crippen molar-refractivity contribution in [2.24, 2.45) is 0 Å². The summed E-state index contributed by atoms with van der Waals surface area (Å²) in [6, 6.07) is 6.72. The standard InChI is InChI=1S/C25H29N5O5/c1-5-35-23(32)17-10-11-30-19(17)9-7-16-13-26-24(29-21(16)30)28-18-8-6-15(12-20(18)34-4)22(31)27-14-25(2,3)33/h6,8,10-13,33H,5,7,9,14H2,1-4H3,(H,27,31)(H,26,28,29). The molecule has 35 heavy (non-hydrogen) atoms. The van der Waals surface area contributed by atoms with E-state index in [9.17, 15) is 14.7 Å². The molecule has 1 aromatic carbocycles. The van der Waals surface area contributed by atoms with Gasteiger partial charge in [0.15, 0.2) is 0 Å². The zero-order valence-electron chi connectivity index (χ0n) is 20.2. The van der Waals surface area contributed by atoms with Crippen molar-refractivity contribution in [3.63, 3.8) is 0 Å². The third-order valence-corrected chi connectivity index (χ3v) is 5.58. The number of esters is 1. The highest BCUT2D eigenvalue weighted by Crippen LogP contribution is 2.30. The molecule has 0 radical (unpaired) electrons. The summed E-state index contributed by atoms with van der Waals surface area (Å²) in [5.74, 6) is 0.822. The van der Waals surface area contributed by atoms with E-state index in [1.165, 1.54) is 7.11 Å². The molecule has 10 heteroatoms. The van der Waals surface area contributed by atoms with Gasteiger partial charge in [0.25, 0.3) is 5.91 Å². The van der Waals surface area contributed by atoms with Crippen molar-refractivity contribution in [2.75, 3.05) is 25.6 Å². The monoisotopic (exact) mass is 479 g/mol. The highest BCUT2D eigenvalue weighted by Gasteiger charge is 2.24. The second-order valence-electron chi connectivity index (χ2n) is 8.84. The van der Waals surface area contributed by atoms with Crippen LogP contribution in [-0.4, -0.2) is 57.4 Å². The van der Waals surface area contributed by atoms with Gasteiger partial charge in [0.1, 0.15) is 11.6 Å². The van der Waals surface area contributed by atoms with E-state index < -0.39 is 5.60 Å². The highest BCUT2D eigenvalue weighted by atomic mass is 16.5. The number of amides is 1. The molecule has 3 aromatic rings. The molecular formula is C25H29N5O5. The number of ether oxygens (including phenoxy) is 2. The third-order valence-electron chi connectivity index (χ3n) is 5.58. The summed E-state index contributed by atoms with van der Waals surface area (Å²) in [6.07, 6.45) is 4.99. The Labute approximate surface area is 203 Å². The minimum Gasteiger partial charge on any atom is -0.495 e. The van der Waals surface area contributed by atoms with Gasteiger partial charge in [-0.05, 0) is 57.9 Å². The summed E-state index contributed by atoms with van der Waals surface area (Å²) < 4.78 is 12.5. The largest absolute Gasteiger partial charge is 0.495 e. The van der Waals surface area contributed by atoms with Crippen LogP contribution in [-0.2, 0) is 17.6 Å². The number of fused-ring (bicyclic) bond motifs is 3. The van der Waals surface area contributed by atoms with E-state index in [1.807, 2.05) is 10.8 Å². The highest BCUT2D eigenvalue weighted by molar-refractivity contribution is 5.95. The molecule has 184 valence electrons. The fraction of sp³-hybridized carbons (Fsp3) is 0.360. The van der Waals surface area contributed by atoms with Gasteiger partial charge in [0, 0.05) is 35.8 Å². The fourth-order valence-electron chi connectivity index (χ4n) is 3.86. The van der Waals surface area contributed by atoms with Crippen LogP contribution in [0.25, 0.3) is 5.82 Å². The van der Waals surface area contributed by atoms with Crippen LogP contribution in [0.1, 0.15) is 52.7 Å². The van der Waals surface area contributed by atoms with Crippen molar-refractivity contribution in [3.8, 4) is 11.6 Å². The maximum atomic E-state index is 12.4. The number of carbonyl (C=O) groups excluding carboxylic acids is 2. The van der Waals surface area contributed by atoms with Gasteiger partial charge in [0.05, 0.1) is 30.6 Å². The third kappa shape index (κ3) is 5.27. The van der Waals surface area contributed by atoms with Crippen LogP contribution in [0.5, 0.6) is 5.75 Å². The van der Waals surface area contributed by atoms with Gasteiger partial charge in [-0.2, -0.15) is 4.98 Å². The average Bonchev–Trinajstić information content (AvgIpc) is 3.27. The summed E-state index contributed by atoms with van der Waals surface area (Å²) in [6.45, 7) is 5.46. The molecular weight excluding hydrogens is 450 g/mol. The van der Waals surface area contributed by atoms with Gasteiger partial charge in [-0.1, -0.05) is 0 Å². The number of aromatic nitrogens is 3. The minimum atomic E-state index is -1.01. The Morgan fingerprint density at radius 3 is 2.74 bits per heavy atom. The molecule has 2 aromatic heterocycles. The van der Waals surface area contributed by atoms with E-state index in [0.29, 0.717) is 53.8 Å². The molecule has 0 saturated carbocycles. The van der Waals surface area contributed by atoms with E-state index in [-0.39, 0.29) is 18.4 Å². The van der Waals surface area contributed by atoms with Crippen molar-refractivity contribution in [2.45, 2.75) is 39.2 Å². The molecule has 0 atom stereocenters. The zero-order valence-corrected chi connectivity index (χ0v) is 20.2. The number of aryl methyl sites for hydroxylation is 1. The summed E-state index contributed by atoms with van der Waals surface area (Å²) in [4.78, 5) is 33.9. The van der Waals surface area contributed by atoms with E-state index in [1.54, 1.807) is 51.2 Å². The maximum Gasteiger partial charge on any atom is 0.339 e. The van der Waals surface area contributed by atoms with Crippen molar-refractivity contribution in [1.82, 2.24) is 19.9 Å². The Kier molecular flexibility index (Phi) is 6.74. The number of nitrogens with zero attached hydrogens (tertiary/aromatic N) is 3. The lowest BCUT2D eigenvalue weighted by Crippen LogP contribution is -2.38. The lowest BCUT2D eigenvalue weighted by molar-refractivity contribution is 0.0525. The van der Waals surface area contributed by atoms with Crippen LogP contribution in [0.4, 0.5) is 11.6 Å². The molecule has 1 amide bonds. The molecule has 10 nitrogen and oxygen atoms in total. The van der Waals surface area contributed by atoms with Crippen molar-refractivity contribution in [3.05, 3.63) is 59.0 Å².